The van der Waals surface area contributed by atoms with Gasteiger partial charge in [0.15, 0.2) is 5.78 Å². The van der Waals surface area contributed by atoms with E-state index in [1.165, 1.54) is 5.57 Å². The van der Waals surface area contributed by atoms with Crippen LogP contribution in [-0.4, -0.2) is 36.7 Å². The van der Waals surface area contributed by atoms with Gasteiger partial charge in [0.1, 0.15) is 0 Å². The molecule has 6 rings (SSSR count). The molecule has 0 aromatic carbocycles. The molecule has 2 saturated heterocycles. The zero-order valence-electron chi connectivity index (χ0n) is 19.8. The van der Waals surface area contributed by atoms with E-state index in [9.17, 15) is 14.7 Å². The van der Waals surface area contributed by atoms with Gasteiger partial charge in [-0.15, -0.1) is 0 Å². The number of ketones is 1. The molecule has 33 heavy (non-hydrogen) atoms. The van der Waals surface area contributed by atoms with Crippen molar-refractivity contribution < 1.29 is 28.6 Å². The predicted molar refractivity (Wildman–Crippen MR) is 117 cm³/mol. The van der Waals surface area contributed by atoms with Crippen LogP contribution in [0.4, 0.5) is 0 Å². The molecule has 1 aromatic rings. The second-order valence-electron chi connectivity index (χ2n) is 11.6. The maximum atomic E-state index is 13.7. The molecule has 0 radical (unpaired) electrons. The van der Waals surface area contributed by atoms with Gasteiger partial charge in [-0.25, -0.2) is 0 Å². The second-order valence-corrected chi connectivity index (χ2v) is 11.6. The first-order valence-corrected chi connectivity index (χ1v) is 12.0. The Labute approximate surface area is 194 Å². The quantitative estimate of drug-likeness (QED) is 0.657. The fourth-order valence-corrected chi connectivity index (χ4v) is 8.96. The summed E-state index contributed by atoms with van der Waals surface area (Å²) in [4.78, 5) is 26.1. The van der Waals surface area contributed by atoms with E-state index in [4.69, 9.17) is 13.9 Å². The normalized spacial score (nSPS) is 48.6. The first kappa shape index (κ1) is 21.4. The summed E-state index contributed by atoms with van der Waals surface area (Å²) >= 11 is 0. The molecule has 6 heteroatoms. The van der Waals surface area contributed by atoms with Crippen LogP contribution in [0.2, 0.25) is 0 Å². The molecular formula is C27H31O6-. The van der Waals surface area contributed by atoms with Gasteiger partial charge in [0.05, 0.1) is 37.4 Å². The average Bonchev–Trinajstić information content (AvgIpc) is 3.50. The minimum atomic E-state index is -1.12. The lowest BCUT2D eigenvalue weighted by Crippen LogP contribution is -2.68. The molecular weight excluding hydrogens is 420 g/mol. The number of fused-ring (bicyclic) bond motifs is 4. The van der Waals surface area contributed by atoms with Crippen LogP contribution in [-0.2, 0) is 19.1 Å². The topological polar surface area (TPSA) is 88.8 Å². The van der Waals surface area contributed by atoms with Gasteiger partial charge in [0, 0.05) is 40.0 Å². The third kappa shape index (κ3) is 2.36. The summed E-state index contributed by atoms with van der Waals surface area (Å²) in [6.45, 7) is 10.5. The van der Waals surface area contributed by atoms with Crippen molar-refractivity contribution in [2.75, 3.05) is 6.61 Å². The van der Waals surface area contributed by atoms with Crippen molar-refractivity contribution in [1.82, 2.24) is 0 Å². The van der Waals surface area contributed by atoms with E-state index < -0.39 is 28.6 Å². The fraction of sp³-hybridized carbons (Fsp3) is 0.630. The van der Waals surface area contributed by atoms with Gasteiger partial charge >= 0.3 is 0 Å². The van der Waals surface area contributed by atoms with Crippen molar-refractivity contribution in [2.24, 2.45) is 34.0 Å². The van der Waals surface area contributed by atoms with Crippen LogP contribution < -0.4 is 5.11 Å². The summed E-state index contributed by atoms with van der Waals surface area (Å²) in [5, 5.41) is 12.4. The summed E-state index contributed by atoms with van der Waals surface area (Å²) in [5.74, 6) is -2.41. The van der Waals surface area contributed by atoms with E-state index in [1.54, 1.807) is 25.5 Å². The first-order valence-electron chi connectivity index (χ1n) is 12.0. The zero-order valence-corrected chi connectivity index (χ0v) is 19.8. The lowest BCUT2D eigenvalue weighted by atomic mass is 9.40. The Kier molecular flexibility index (Phi) is 4.19. The van der Waals surface area contributed by atoms with Crippen LogP contribution in [0.1, 0.15) is 52.5 Å². The minimum absolute atomic E-state index is 0.00988. The SMILES string of the molecule is CC1=C2C(CC1c1ccoc1)OC1C3OCC4(C)C=CC(=O)C(C)(C34)C(C(C)C(=O)[O-])C21C. The maximum Gasteiger partial charge on any atom is 0.161 e. The van der Waals surface area contributed by atoms with Crippen molar-refractivity contribution in [1.29, 1.82) is 0 Å². The van der Waals surface area contributed by atoms with Crippen molar-refractivity contribution in [2.45, 2.75) is 65.3 Å². The molecule has 1 saturated carbocycles. The Balaban J connectivity index is 1.59. The van der Waals surface area contributed by atoms with E-state index in [0.29, 0.717) is 6.61 Å². The molecule has 6 nitrogen and oxygen atoms in total. The number of allylic oxidation sites excluding steroid dienone is 2. The summed E-state index contributed by atoms with van der Waals surface area (Å²) in [5.41, 5.74) is 1.56. The molecule has 3 heterocycles. The molecule has 176 valence electrons. The van der Waals surface area contributed by atoms with Crippen LogP contribution in [0.5, 0.6) is 0 Å². The Morgan fingerprint density at radius 3 is 2.67 bits per heavy atom. The van der Waals surface area contributed by atoms with Crippen LogP contribution in [0.3, 0.4) is 0 Å². The Morgan fingerprint density at radius 1 is 1.24 bits per heavy atom. The van der Waals surface area contributed by atoms with Gasteiger partial charge in [0.2, 0.25) is 0 Å². The Bertz CT molecular complexity index is 1100. The lowest BCUT2D eigenvalue weighted by molar-refractivity contribution is -0.317. The van der Waals surface area contributed by atoms with Crippen LogP contribution >= 0.6 is 0 Å². The second kappa shape index (κ2) is 6.48. The number of ether oxygens (including phenoxy) is 2. The lowest BCUT2D eigenvalue weighted by Gasteiger charge is -2.62. The van der Waals surface area contributed by atoms with E-state index in [1.807, 2.05) is 19.1 Å². The summed E-state index contributed by atoms with van der Waals surface area (Å²) in [6.07, 6.45) is 7.19. The highest BCUT2D eigenvalue weighted by Gasteiger charge is 2.76. The number of carbonyl (C=O) groups excluding carboxylic acids is 2. The average molecular weight is 452 g/mol. The maximum absolute atomic E-state index is 13.7. The molecule has 5 aliphatic rings. The number of hydrogen-bond acceptors (Lipinski definition) is 6. The number of aliphatic carboxylic acids is 1. The molecule has 10 unspecified atom stereocenters. The van der Waals surface area contributed by atoms with Crippen LogP contribution in [0, 0.1) is 34.0 Å². The highest BCUT2D eigenvalue weighted by molar-refractivity contribution is 5.97. The van der Waals surface area contributed by atoms with Crippen molar-refractivity contribution in [3.8, 4) is 0 Å². The number of carbonyl (C=O) groups is 2. The summed E-state index contributed by atoms with van der Waals surface area (Å²) < 4.78 is 18.6. The number of carboxylic acids is 1. The van der Waals surface area contributed by atoms with Gasteiger partial charge in [-0.3, -0.25) is 4.79 Å². The van der Waals surface area contributed by atoms with Crippen molar-refractivity contribution >= 4 is 11.8 Å². The predicted octanol–water partition coefficient (Wildman–Crippen LogP) is 3.04. The molecule has 1 aromatic heterocycles. The highest BCUT2D eigenvalue weighted by atomic mass is 16.6. The fourth-order valence-electron chi connectivity index (χ4n) is 8.96. The number of furan rings is 1. The molecule has 3 fully saturated rings. The molecule has 2 aliphatic heterocycles. The third-order valence-corrected chi connectivity index (χ3v) is 10.0. The molecule has 0 bridgehead atoms. The summed E-state index contributed by atoms with van der Waals surface area (Å²) in [6, 6.07) is 1.98. The number of hydrogen-bond donors (Lipinski definition) is 0. The largest absolute Gasteiger partial charge is 0.550 e. The minimum Gasteiger partial charge on any atom is -0.550 e. The van der Waals surface area contributed by atoms with E-state index in [0.717, 1.165) is 17.6 Å². The van der Waals surface area contributed by atoms with Crippen molar-refractivity contribution in [3.63, 3.8) is 0 Å². The van der Waals surface area contributed by atoms with E-state index in [-0.39, 0.29) is 41.3 Å². The monoisotopic (exact) mass is 451 g/mol. The first-order chi connectivity index (χ1) is 15.5. The van der Waals surface area contributed by atoms with E-state index in [2.05, 4.69) is 20.8 Å². The smallest absolute Gasteiger partial charge is 0.161 e. The molecule has 0 N–H and O–H groups in total. The number of carboxylic acid groups (broad SMARTS) is 1. The Morgan fingerprint density at radius 2 is 2.00 bits per heavy atom. The van der Waals surface area contributed by atoms with Crippen LogP contribution in [0.25, 0.3) is 0 Å². The zero-order chi connectivity index (χ0) is 23.5. The van der Waals surface area contributed by atoms with Gasteiger partial charge in [0.25, 0.3) is 0 Å². The number of rotatable bonds is 3. The third-order valence-electron chi connectivity index (χ3n) is 10.0. The molecule has 3 aliphatic carbocycles. The summed E-state index contributed by atoms with van der Waals surface area (Å²) in [7, 11) is 0. The standard InChI is InChI=1S/C27H32O6/c1-13-16(15-7-9-31-11-15)10-17-19(13)27(5)21(14(2)24(29)30)26(4)18(28)6-8-25(3)12-32-20(22(25)26)23(27)33-17/h6-9,11,14,16-17,20-23H,10,12H2,1-5H3,(H,29,30)/p-1. The van der Waals surface area contributed by atoms with Gasteiger partial charge in [-0.2, -0.15) is 0 Å². The molecule has 0 spiro atoms. The van der Waals surface area contributed by atoms with E-state index >= 15 is 0 Å². The highest BCUT2D eigenvalue weighted by Crippen LogP contribution is 2.72. The van der Waals surface area contributed by atoms with Gasteiger partial charge in [-0.05, 0) is 42.5 Å². The van der Waals surface area contributed by atoms with Crippen molar-refractivity contribution in [3.05, 3.63) is 47.5 Å². The Hall–Kier alpha value is -2.18. The van der Waals surface area contributed by atoms with Crippen LogP contribution in [0.15, 0.2) is 46.3 Å². The molecule has 0 amide bonds. The van der Waals surface area contributed by atoms with Gasteiger partial charge in [-0.1, -0.05) is 39.3 Å². The molecule has 10 atom stereocenters. The van der Waals surface area contributed by atoms with Gasteiger partial charge < -0.3 is 23.8 Å².